The van der Waals surface area contributed by atoms with Crippen LogP contribution in [0.2, 0.25) is 0 Å². The second kappa shape index (κ2) is 6.96. The quantitative estimate of drug-likeness (QED) is 0.838. The number of nitrogens with one attached hydrogen (secondary N) is 2. The van der Waals surface area contributed by atoms with Crippen LogP contribution in [0.3, 0.4) is 0 Å². The lowest BCUT2D eigenvalue weighted by Gasteiger charge is -2.11. The molecule has 2 N–H and O–H groups in total. The van der Waals surface area contributed by atoms with Gasteiger partial charge in [-0.2, -0.15) is 0 Å². The number of carbonyl (C=O) groups excluding carboxylic acids is 1. The monoisotopic (exact) mass is 346 g/mol. The molecule has 0 aromatic carbocycles. The molecule has 0 saturated carbocycles. The molecule has 1 aliphatic heterocycles. The summed E-state index contributed by atoms with van der Waals surface area (Å²) in [5.74, 6) is -0.183. The van der Waals surface area contributed by atoms with Gasteiger partial charge in [0.1, 0.15) is 0 Å². The third kappa shape index (κ3) is 4.29. The molecule has 1 saturated heterocycles. The van der Waals surface area contributed by atoms with Crippen molar-refractivity contribution in [2.45, 2.75) is 19.0 Å². The average Bonchev–Trinajstić information content (AvgIpc) is 2.93. The van der Waals surface area contributed by atoms with Gasteiger partial charge < -0.3 is 10.6 Å². The van der Waals surface area contributed by atoms with E-state index in [1.165, 1.54) is 6.20 Å². The zero-order valence-corrected chi connectivity index (χ0v) is 13.8. The highest BCUT2D eigenvalue weighted by molar-refractivity contribution is 7.91. The first-order valence-electron chi connectivity index (χ1n) is 7.62. The average molecular weight is 346 g/mol. The van der Waals surface area contributed by atoms with Crippen molar-refractivity contribution in [3.63, 3.8) is 0 Å². The smallest absolute Gasteiger partial charge is 0.253 e. The Labute approximate surface area is 140 Å². The molecular formula is C16H18N4O3S. The summed E-state index contributed by atoms with van der Waals surface area (Å²) < 4.78 is 22.9. The van der Waals surface area contributed by atoms with Crippen molar-refractivity contribution in [1.82, 2.24) is 15.3 Å². The van der Waals surface area contributed by atoms with Gasteiger partial charge in [-0.1, -0.05) is 6.07 Å². The van der Waals surface area contributed by atoms with E-state index in [-0.39, 0.29) is 23.5 Å². The van der Waals surface area contributed by atoms with Crippen LogP contribution in [0.5, 0.6) is 0 Å². The number of aromatic nitrogens is 2. The number of amides is 1. The molecule has 8 heteroatoms. The van der Waals surface area contributed by atoms with E-state index >= 15 is 0 Å². The van der Waals surface area contributed by atoms with Crippen molar-refractivity contribution >= 4 is 21.4 Å². The van der Waals surface area contributed by atoms with E-state index in [4.69, 9.17) is 0 Å². The zero-order valence-electron chi connectivity index (χ0n) is 13.0. The van der Waals surface area contributed by atoms with Crippen LogP contribution in [0.4, 0.5) is 5.69 Å². The summed E-state index contributed by atoms with van der Waals surface area (Å²) in [6.45, 7) is 0.522. The molecule has 7 nitrogen and oxygen atoms in total. The van der Waals surface area contributed by atoms with Crippen LogP contribution in [0.1, 0.15) is 22.5 Å². The minimum atomic E-state index is -3.02. The highest BCUT2D eigenvalue weighted by atomic mass is 32.2. The molecule has 3 heterocycles. The fraction of sp³-hybridized carbons (Fsp3) is 0.312. The predicted molar refractivity (Wildman–Crippen MR) is 90.3 cm³/mol. The van der Waals surface area contributed by atoms with Gasteiger partial charge in [0, 0.05) is 24.6 Å². The summed E-state index contributed by atoms with van der Waals surface area (Å²) in [5, 5.41) is 5.92. The third-order valence-corrected chi connectivity index (χ3v) is 5.54. The van der Waals surface area contributed by atoms with E-state index in [1.54, 1.807) is 18.5 Å². The number of rotatable bonds is 5. The summed E-state index contributed by atoms with van der Waals surface area (Å²) in [7, 11) is -3.02. The number of nitrogens with zero attached hydrogens (tertiary/aromatic N) is 2. The predicted octanol–water partition coefficient (Wildman–Crippen LogP) is 1.01. The fourth-order valence-electron chi connectivity index (χ4n) is 2.53. The summed E-state index contributed by atoms with van der Waals surface area (Å²) in [5.41, 5.74) is 1.97. The standard InChI is InChI=1S/C16H18N4O3S/c21-16(20-14-4-6-24(22,23)11-14)12-7-15(9-17-8-12)19-10-13-3-1-2-5-18-13/h1-3,5,7-9,14,19H,4,6,10-11H2,(H,20,21). The molecule has 2 aromatic rings. The maximum atomic E-state index is 12.3. The molecule has 1 aliphatic rings. The Kier molecular flexibility index (Phi) is 4.75. The number of sulfone groups is 1. The normalized spacial score (nSPS) is 18.9. The largest absolute Gasteiger partial charge is 0.378 e. The van der Waals surface area contributed by atoms with E-state index in [1.807, 2.05) is 18.2 Å². The Balaban J connectivity index is 1.61. The van der Waals surface area contributed by atoms with Crippen LogP contribution in [0, 0.1) is 0 Å². The van der Waals surface area contributed by atoms with Crippen LogP contribution in [-0.4, -0.2) is 41.8 Å². The minimum Gasteiger partial charge on any atom is -0.378 e. The van der Waals surface area contributed by atoms with Crippen LogP contribution in [-0.2, 0) is 16.4 Å². The first-order chi connectivity index (χ1) is 11.5. The molecule has 24 heavy (non-hydrogen) atoms. The van der Waals surface area contributed by atoms with Gasteiger partial charge in [-0.25, -0.2) is 8.42 Å². The van der Waals surface area contributed by atoms with E-state index in [9.17, 15) is 13.2 Å². The van der Waals surface area contributed by atoms with Crippen molar-refractivity contribution in [3.8, 4) is 0 Å². The Bertz CT molecular complexity index is 824. The van der Waals surface area contributed by atoms with Crippen molar-refractivity contribution in [2.75, 3.05) is 16.8 Å². The van der Waals surface area contributed by atoms with Gasteiger partial charge in [0.25, 0.3) is 5.91 Å². The molecule has 1 fully saturated rings. The van der Waals surface area contributed by atoms with E-state index in [0.717, 1.165) is 5.69 Å². The maximum Gasteiger partial charge on any atom is 0.253 e. The SMILES string of the molecule is O=C(NC1CCS(=O)(=O)C1)c1cncc(NCc2ccccn2)c1. The van der Waals surface area contributed by atoms with Crippen LogP contribution in [0.15, 0.2) is 42.9 Å². The molecule has 3 rings (SSSR count). The summed E-state index contributed by atoms with van der Waals surface area (Å²) >= 11 is 0. The van der Waals surface area contributed by atoms with E-state index in [0.29, 0.717) is 24.2 Å². The summed E-state index contributed by atoms with van der Waals surface area (Å²) in [6, 6.07) is 7.01. The van der Waals surface area contributed by atoms with E-state index < -0.39 is 9.84 Å². The molecule has 0 spiro atoms. The van der Waals surface area contributed by atoms with Crippen molar-refractivity contribution < 1.29 is 13.2 Å². The Morgan fingerprint density at radius 2 is 2.17 bits per heavy atom. The van der Waals surface area contributed by atoms with Crippen LogP contribution >= 0.6 is 0 Å². The summed E-state index contributed by atoms with van der Waals surface area (Å²) in [6.07, 6.45) is 5.26. The molecule has 2 aromatic heterocycles. The van der Waals surface area contributed by atoms with Gasteiger partial charge in [-0.3, -0.25) is 14.8 Å². The molecule has 1 atom stereocenters. The molecule has 1 unspecified atom stereocenters. The minimum absolute atomic E-state index is 0.00376. The second-order valence-corrected chi connectivity index (χ2v) is 7.94. The molecular weight excluding hydrogens is 328 g/mol. The van der Waals surface area contributed by atoms with Gasteiger partial charge in [0.2, 0.25) is 0 Å². The Hall–Kier alpha value is -2.48. The van der Waals surface area contributed by atoms with Gasteiger partial charge in [-0.05, 0) is 24.6 Å². The highest BCUT2D eigenvalue weighted by Crippen LogP contribution is 2.14. The molecule has 126 valence electrons. The number of anilines is 1. The van der Waals surface area contributed by atoms with Gasteiger partial charge in [0.15, 0.2) is 9.84 Å². The van der Waals surface area contributed by atoms with Gasteiger partial charge in [0.05, 0.1) is 35.0 Å². The molecule has 0 bridgehead atoms. The number of hydrogen-bond donors (Lipinski definition) is 2. The maximum absolute atomic E-state index is 12.3. The Morgan fingerprint density at radius 3 is 2.88 bits per heavy atom. The second-order valence-electron chi connectivity index (χ2n) is 5.71. The van der Waals surface area contributed by atoms with Crippen molar-refractivity contribution in [3.05, 3.63) is 54.1 Å². The molecule has 1 amide bonds. The first-order valence-corrected chi connectivity index (χ1v) is 9.44. The first kappa shape index (κ1) is 16.4. The highest BCUT2D eigenvalue weighted by Gasteiger charge is 2.29. The fourth-order valence-corrected chi connectivity index (χ4v) is 4.21. The zero-order chi connectivity index (χ0) is 17.0. The van der Waals surface area contributed by atoms with Gasteiger partial charge in [-0.15, -0.1) is 0 Å². The lowest BCUT2D eigenvalue weighted by Crippen LogP contribution is -2.35. The lowest BCUT2D eigenvalue weighted by molar-refractivity contribution is 0.0941. The van der Waals surface area contributed by atoms with Crippen LogP contribution in [0.25, 0.3) is 0 Å². The van der Waals surface area contributed by atoms with E-state index in [2.05, 4.69) is 20.6 Å². The third-order valence-electron chi connectivity index (χ3n) is 3.77. The topological polar surface area (TPSA) is 101 Å². The van der Waals surface area contributed by atoms with Crippen LogP contribution < -0.4 is 10.6 Å². The lowest BCUT2D eigenvalue weighted by atomic mass is 10.2. The molecule has 0 radical (unpaired) electrons. The number of hydrogen-bond acceptors (Lipinski definition) is 6. The van der Waals surface area contributed by atoms with Crippen molar-refractivity contribution in [1.29, 1.82) is 0 Å². The summed E-state index contributed by atoms with van der Waals surface area (Å²) in [4.78, 5) is 20.5. The van der Waals surface area contributed by atoms with Crippen molar-refractivity contribution in [2.24, 2.45) is 0 Å². The van der Waals surface area contributed by atoms with Gasteiger partial charge >= 0.3 is 0 Å². The Morgan fingerprint density at radius 1 is 1.29 bits per heavy atom. The number of carbonyl (C=O) groups is 1. The molecule has 0 aliphatic carbocycles. The number of pyridine rings is 2.